The Balaban J connectivity index is 0.929. The first kappa shape index (κ1) is 42.2. The molecule has 13 aromatic rings. The molecule has 73 heavy (non-hydrogen) atoms. The summed E-state index contributed by atoms with van der Waals surface area (Å²) in [5.41, 5.74) is 17.5. The van der Waals surface area contributed by atoms with E-state index in [1.165, 1.54) is 113 Å². The molecule has 0 amide bonds. The molecule has 3 heteroatoms. The molecule has 0 unspecified atom stereocenters. The van der Waals surface area contributed by atoms with Crippen molar-refractivity contribution in [3.63, 3.8) is 0 Å². The summed E-state index contributed by atoms with van der Waals surface area (Å²) in [4.78, 5) is 4.99. The molecule has 1 aromatic heterocycles. The average Bonchev–Trinajstić information content (AvgIpc) is 4.02. The Morgan fingerprint density at radius 2 is 0.726 bits per heavy atom. The van der Waals surface area contributed by atoms with Gasteiger partial charge < -0.3 is 9.80 Å². The van der Waals surface area contributed by atoms with Crippen molar-refractivity contribution < 1.29 is 0 Å². The van der Waals surface area contributed by atoms with Crippen molar-refractivity contribution in [2.45, 2.75) is 38.5 Å². The summed E-state index contributed by atoms with van der Waals surface area (Å²) in [7, 11) is 0. The Bertz CT molecular complexity index is 4470. The maximum Gasteiger partial charge on any atom is 0.0540 e. The molecule has 0 spiro atoms. The topological polar surface area (TPSA) is 6.48 Å². The number of rotatable bonds is 6. The van der Waals surface area contributed by atoms with Crippen LogP contribution in [0.3, 0.4) is 0 Å². The first-order chi connectivity index (χ1) is 35.7. The standard InChI is InChI=1S/C70H50N2S/c1-69(2)60-27-13-11-24-52(60)54-35-31-46(40-62(54)69)71(64-29-15-19-43-17-5-7-21-49(43)64)45-33-37-57-59(39-45)51-23-9-10-26-56(51)67-58-38-34-48(42-66(58)73-68(57)67)72(65-30-16-20-44-18-6-8-22-50(44)65)47-32-36-55-53-25-12-14-28-61(53)70(3,4)63(55)41-47/h5-42H,1-4H3. The Hall–Kier alpha value is -8.50. The van der Waals surface area contributed by atoms with Crippen LogP contribution in [0.4, 0.5) is 34.1 Å². The van der Waals surface area contributed by atoms with E-state index in [0.29, 0.717) is 0 Å². The fourth-order valence-corrected chi connectivity index (χ4v) is 14.3. The van der Waals surface area contributed by atoms with Crippen molar-refractivity contribution in [3.05, 3.63) is 253 Å². The molecule has 0 bridgehead atoms. The molecule has 15 rings (SSSR count). The molecule has 0 saturated heterocycles. The average molecular weight is 951 g/mol. The highest BCUT2D eigenvalue weighted by molar-refractivity contribution is 7.27. The molecule has 12 aromatic carbocycles. The van der Waals surface area contributed by atoms with E-state index in [1.807, 2.05) is 11.3 Å². The molecule has 0 N–H and O–H groups in total. The molecule has 2 aliphatic rings. The van der Waals surface area contributed by atoms with E-state index in [0.717, 1.165) is 28.4 Å². The number of hydrogen-bond donors (Lipinski definition) is 0. The first-order valence-corrected chi connectivity index (χ1v) is 26.4. The van der Waals surface area contributed by atoms with Gasteiger partial charge in [0.15, 0.2) is 0 Å². The van der Waals surface area contributed by atoms with Crippen LogP contribution in [0.15, 0.2) is 231 Å². The van der Waals surface area contributed by atoms with Crippen LogP contribution in [0, 0.1) is 0 Å². The quantitative estimate of drug-likeness (QED) is 0.153. The van der Waals surface area contributed by atoms with Gasteiger partial charge in [-0.05, 0) is 132 Å². The minimum absolute atomic E-state index is 0.125. The van der Waals surface area contributed by atoms with Crippen molar-refractivity contribution in [1.29, 1.82) is 0 Å². The van der Waals surface area contributed by atoms with Crippen molar-refractivity contribution in [2.24, 2.45) is 0 Å². The largest absolute Gasteiger partial charge is 0.310 e. The molecular weight excluding hydrogens is 901 g/mol. The maximum absolute atomic E-state index is 2.50. The SMILES string of the molecule is CC1(C)c2ccccc2-c2ccc(N(c3ccc4c(c3)sc3c5ccc(N(c6ccc7c(c6)C(C)(C)c6ccccc6-7)c6cccc7ccccc67)cc5c5ccccc5c43)c3cccc4ccccc34)cc21. The van der Waals surface area contributed by atoms with Gasteiger partial charge >= 0.3 is 0 Å². The van der Waals surface area contributed by atoms with Crippen LogP contribution in [0.1, 0.15) is 49.9 Å². The molecule has 2 aliphatic carbocycles. The molecule has 0 fully saturated rings. The van der Waals surface area contributed by atoms with E-state index in [2.05, 4.69) is 268 Å². The Kier molecular flexibility index (Phi) is 8.96. The lowest BCUT2D eigenvalue weighted by Crippen LogP contribution is -2.16. The number of hydrogen-bond acceptors (Lipinski definition) is 3. The minimum Gasteiger partial charge on any atom is -0.310 e. The third-order valence-corrected chi connectivity index (χ3v) is 17.8. The van der Waals surface area contributed by atoms with Gasteiger partial charge in [-0.2, -0.15) is 0 Å². The van der Waals surface area contributed by atoms with Crippen LogP contribution >= 0.6 is 11.3 Å². The zero-order valence-corrected chi connectivity index (χ0v) is 42.1. The molecule has 0 aliphatic heterocycles. The van der Waals surface area contributed by atoms with Gasteiger partial charge in [-0.1, -0.05) is 198 Å². The summed E-state index contributed by atoms with van der Waals surface area (Å²) < 4.78 is 2.59. The summed E-state index contributed by atoms with van der Waals surface area (Å²) in [6.07, 6.45) is 0. The fourth-order valence-electron chi connectivity index (χ4n) is 13.0. The number of anilines is 6. The summed E-state index contributed by atoms with van der Waals surface area (Å²) in [6, 6.07) is 86.6. The van der Waals surface area contributed by atoms with Gasteiger partial charge in [0.05, 0.1) is 11.4 Å². The summed E-state index contributed by atoms with van der Waals surface area (Å²) in [5, 5.41) is 12.6. The van der Waals surface area contributed by atoms with Crippen molar-refractivity contribution in [3.8, 4) is 22.3 Å². The summed E-state index contributed by atoms with van der Waals surface area (Å²) >= 11 is 1.92. The Morgan fingerprint density at radius 3 is 1.30 bits per heavy atom. The number of benzene rings is 12. The molecule has 0 saturated carbocycles. The predicted molar refractivity (Wildman–Crippen MR) is 314 cm³/mol. The van der Waals surface area contributed by atoms with Crippen LogP contribution in [0.5, 0.6) is 0 Å². The van der Waals surface area contributed by atoms with Crippen LogP contribution in [-0.4, -0.2) is 0 Å². The van der Waals surface area contributed by atoms with Crippen LogP contribution in [0.25, 0.3) is 85.5 Å². The highest BCUT2D eigenvalue weighted by Crippen LogP contribution is 2.54. The lowest BCUT2D eigenvalue weighted by Gasteiger charge is -2.29. The van der Waals surface area contributed by atoms with Gasteiger partial charge in [0.25, 0.3) is 0 Å². The minimum atomic E-state index is -0.130. The lowest BCUT2D eigenvalue weighted by molar-refractivity contribution is 0.660. The van der Waals surface area contributed by atoms with Gasteiger partial charge in [-0.3, -0.25) is 0 Å². The van der Waals surface area contributed by atoms with Gasteiger partial charge in [0.2, 0.25) is 0 Å². The molecule has 2 nitrogen and oxygen atoms in total. The van der Waals surface area contributed by atoms with E-state index in [1.54, 1.807) is 0 Å². The third kappa shape index (κ3) is 6.10. The van der Waals surface area contributed by atoms with E-state index in [9.17, 15) is 0 Å². The molecule has 0 radical (unpaired) electrons. The smallest absolute Gasteiger partial charge is 0.0540 e. The third-order valence-electron chi connectivity index (χ3n) is 16.6. The van der Waals surface area contributed by atoms with E-state index in [4.69, 9.17) is 0 Å². The van der Waals surface area contributed by atoms with Crippen LogP contribution < -0.4 is 9.80 Å². The maximum atomic E-state index is 2.50. The van der Waals surface area contributed by atoms with Crippen LogP contribution in [-0.2, 0) is 10.8 Å². The number of thiophene rings is 1. The van der Waals surface area contributed by atoms with Crippen molar-refractivity contribution in [2.75, 3.05) is 9.80 Å². The lowest BCUT2D eigenvalue weighted by atomic mass is 9.82. The summed E-state index contributed by atoms with van der Waals surface area (Å²) in [5.74, 6) is 0. The van der Waals surface area contributed by atoms with Gasteiger partial charge in [0.1, 0.15) is 0 Å². The predicted octanol–water partition coefficient (Wildman–Crippen LogP) is 20.2. The second kappa shape index (κ2) is 15.5. The van der Waals surface area contributed by atoms with Gasteiger partial charge in [-0.15, -0.1) is 11.3 Å². The highest BCUT2D eigenvalue weighted by Gasteiger charge is 2.37. The van der Waals surface area contributed by atoms with Crippen molar-refractivity contribution in [1.82, 2.24) is 0 Å². The monoisotopic (exact) mass is 950 g/mol. The molecule has 0 atom stereocenters. The van der Waals surface area contributed by atoms with Gasteiger partial charge in [-0.25, -0.2) is 0 Å². The second-order valence-electron chi connectivity index (χ2n) is 21.2. The molecular formula is C70H50N2S. The van der Waals surface area contributed by atoms with Crippen LogP contribution in [0.2, 0.25) is 0 Å². The number of nitrogens with zero attached hydrogens (tertiary/aromatic N) is 2. The zero-order valence-electron chi connectivity index (χ0n) is 41.2. The molecule has 346 valence electrons. The summed E-state index contributed by atoms with van der Waals surface area (Å²) in [6.45, 7) is 9.50. The Morgan fingerprint density at radius 1 is 0.301 bits per heavy atom. The Labute approximate surface area is 429 Å². The number of fused-ring (bicyclic) bond motifs is 16. The van der Waals surface area contributed by atoms with Gasteiger partial charge in [0, 0.05) is 69.9 Å². The normalized spacial score (nSPS) is 14.0. The zero-order chi connectivity index (χ0) is 48.7. The second-order valence-corrected chi connectivity index (χ2v) is 22.3. The van der Waals surface area contributed by atoms with E-state index < -0.39 is 0 Å². The highest BCUT2D eigenvalue weighted by atomic mass is 32.1. The molecule has 1 heterocycles. The van der Waals surface area contributed by atoms with E-state index in [-0.39, 0.29) is 10.8 Å². The van der Waals surface area contributed by atoms with E-state index >= 15 is 0 Å². The first-order valence-electron chi connectivity index (χ1n) is 25.6. The van der Waals surface area contributed by atoms with Crippen molar-refractivity contribution >= 4 is 109 Å². The fraction of sp³-hybridized carbons (Fsp3) is 0.0857.